The average Bonchev–Trinajstić information content (AvgIpc) is 2.67. The first-order valence-electron chi connectivity index (χ1n) is 8.14. The van der Waals surface area contributed by atoms with Gasteiger partial charge in [0.2, 0.25) is 0 Å². The number of fused-ring (bicyclic) bond motifs is 2. The van der Waals surface area contributed by atoms with E-state index in [-0.39, 0.29) is 11.3 Å². The second-order valence-electron chi connectivity index (χ2n) is 5.90. The van der Waals surface area contributed by atoms with Crippen LogP contribution in [0.15, 0.2) is 77.6 Å². The summed E-state index contributed by atoms with van der Waals surface area (Å²) >= 11 is 0. The Balaban J connectivity index is 1.85. The molecule has 1 heterocycles. The van der Waals surface area contributed by atoms with Crippen LogP contribution in [0.2, 0.25) is 0 Å². The Morgan fingerprint density at radius 3 is 2.26 bits per heavy atom. The van der Waals surface area contributed by atoms with Gasteiger partial charge in [0.25, 0.3) is 5.56 Å². The second-order valence-corrected chi connectivity index (χ2v) is 5.90. The zero-order valence-electron chi connectivity index (χ0n) is 14.0. The van der Waals surface area contributed by atoms with Crippen molar-refractivity contribution < 1.29 is 19.4 Å². The van der Waals surface area contributed by atoms with Crippen molar-refractivity contribution in [1.82, 2.24) is 4.57 Å². The van der Waals surface area contributed by atoms with Crippen LogP contribution in [0.3, 0.4) is 0 Å². The Kier molecular flexibility index (Phi) is 3.93. The molecular weight excluding hydrogens is 346 g/mol. The van der Waals surface area contributed by atoms with Gasteiger partial charge in [-0.05, 0) is 34.4 Å². The van der Waals surface area contributed by atoms with Crippen LogP contribution in [-0.2, 0) is 0 Å². The Hall–Kier alpha value is -3.93. The van der Waals surface area contributed by atoms with Crippen LogP contribution in [0.5, 0.6) is 5.75 Å². The Bertz CT molecular complexity index is 1270. The first-order valence-corrected chi connectivity index (χ1v) is 8.14. The van der Waals surface area contributed by atoms with Crippen molar-refractivity contribution in [1.29, 1.82) is 0 Å². The first kappa shape index (κ1) is 16.5. The molecular formula is C21H13NO5. The molecule has 0 unspecified atom stereocenters. The van der Waals surface area contributed by atoms with Crippen molar-refractivity contribution in [2.45, 2.75) is 0 Å². The summed E-state index contributed by atoms with van der Waals surface area (Å²) in [6.45, 7) is 0. The lowest BCUT2D eigenvalue weighted by molar-refractivity contribution is 0.0696. The number of rotatable bonds is 2. The van der Waals surface area contributed by atoms with Gasteiger partial charge >= 0.3 is 12.1 Å². The zero-order valence-corrected chi connectivity index (χ0v) is 14.0. The highest BCUT2D eigenvalue weighted by molar-refractivity contribution is 6.06. The maximum Gasteiger partial charge on any atom is 0.426 e. The van der Waals surface area contributed by atoms with E-state index in [0.29, 0.717) is 21.7 Å². The molecule has 4 aromatic rings. The van der Waals surface area contributed by atoms with Crippen LogP contribution in [0.25, 0.3) is 21.7 Å². The maximum absolute atomic E-state index is 12.7. The van der Waals surface area contributed by atoms with Crippen molar-refractivity contribution >= 4 is 33.7 Å². The van der Waals surface area contributed by atoms with Crippen LogP contribution in [0, 0.1) is 0 Å². The summed E-state index contributed by atoms with van der Waals surface area (Å²) in [5.41, 5.74) is -0.307. The third-order valence-corrected chi connectivity index (χ3v) is 4.29. The summed E-state index contributed by atoms with van der Waals surface area (Å²) in [7, 11) is 0. The quantitative estimate of drug-likeness (QED) is 0.587. The molecule has 0 aliphatic rings. The van der Waals surface area contributed by atoms with Crippen LogP contribution >= 0.6 is 0 Å². The fourth-order valence-electron chi connectivity index (χ4n) is 3.07. The van der Waals surface area contributed by atoms with Gasteiger partial charge in [-0.1, -0.05) is 48.5 Å². The largest absolute Gasteiger partial charge is 0.478 e. The number of carboxylic acid groups (broad SMARTS) is 1. The number of hydrogen-bond donors (Lipinski definition) is 1. The van der Waals surface area contributed by atoms with Crippen LogP contribution in [0.1, 0.15) is 10.4 Å². The van der Waals surface area contributed by atoms with Crippen LogP contribution in [0.4, 0.5) is 4.79 Å². The molecule has 0 fully saturated rings. The minimum atomic E-state index is -1.22. The highest BCUT2D eigenvalue weighted by atomic mass is 16.6. The van der Waals surface area contributed by atoms with Gasteiger partial charge in [0.05, 0.1) is 5.52 Å². The highest BCUT2D eigenvalue weighted by Crippen LogP contribution is 2.28. The molecule has 132 valence electrons. The van der Waals surface area contributed by atoms with Gasteiger partial charge in [-0.3, -0.25) is 4.79 Å². The summed E-state index contributed by atoms with van der Waals surface area (Å²) in [6, 6.07) is 19.7. The summed E-state index contributed by atoms with van der Waals surface area (Å²) in [5, 5.41) is 11.5. The van der Waals surface area contributed by atoms with E-state index in [1.807, 2.05) is 0 Å². The van der Waals surface area contributed by atoms with Crippen LogP contribution < -0.4 is 10.3 Å². The number of aromatic carboxylic acids is 1. The monoisotopic (exact) mass is 359 g/mol. The number of benzene rings is 3. The normalized spacial score (nSPS) is 10.8. The van der Waals surface area contributed by atoms with Crippen molar-refractivity contribution in [3.63, 3.8) is 0 Å². The van der Waals surface area contributed by atoms with Crippen molar-refractivity contribution in [3.05, 3.63) is 88.7 Å². The van der Waals surface area contributed by atoms with Gasteiger partial charge in [0.15, 0.2) is 0 Å². The summed E-state index contributed by atoms with van der Waals surface area (Å²) in [5.74, 6) is -1.34. The van der Waals surface area contributed by atoms with Gasteiger partial charge in [-0.2, -0.15) is 0 Å². The number of ether oxygens (including phenoxy) is 1. The van der Waals surface area contributed by atoms with Gasteiger partial charge in [0.1, 0.15) is 11.3 Å². The van der Waals surface area contributed by atoms with Gasteiger partial charge < -0.3 is 9.84 Å². The molecule has 0 aliphatic heterocycles. The maximum atomic E-state index is 12.7. The number of carbonyl (C=O) groups is 2. The molecule has 0 spiro atoms. The van der Waals surface area contributed by atoms with E-state index >= 15 is 0 Å². The number of pyridine rings is 1. The van der Waals surface area contributed by atoms with E-state index < -0.39 is 17.6 Å². The predicted octanol–water partition coefficient (Wildman–Crippen LogP) is 3.90. The Labute approximate surface area is 152 Å². The van der Waals surface area contributed by atoms with Gasteiger partial charge in [-0.25, -0.2) is 14.2 Å². The number of carbonyl (C=O) groups excluding carboxylic acids is 1. The minimum Gasteiger partial charge on any atom is -0.478 e. The topological polar surface area (TPSA) is 85.6 Å². The smallest absolute Gasteiger partial charge is 0.426 e. The van der Waals surface area contributed by atoms with Crippen molar-refractivity contribution in [2.24, 2.45) is 0 Å². The van der Waals surface area contributed by atoms with Gasteiger partial charge in [-0.15, -0.1) is 0 Å². The van der Waals surface area contributed by atoms with Crippen LogP contribution in [-0.4, -0.2) is 21.7 Å². The molecule has 0 saturated carbocycles. The molecule has 0 saturated heterocycles. The van der Waals surface area contributed by atoms with E-state index in [2.05, 4.69) is 0 Å². The molecule has 3 aromatic carbocycles. The molecule has 0 radical (unpaired) electrons. The number of hydrogen-bond acceptors (Lipinski definition) is 4. The SMILES string of the molecule is O=C(O)c1c(OC(=O)n2c(=O)ccc3ccccc32)ccc2ccccc12. The lowest BCUT2D eigenvalue weighted by atomic mass is 10.0. The predicted molar refractivity (Wildman–Crippen MR) is 101 cm³/mol. The second kappa shape index (κ2) is 6.42. The number of aromatic nitrogens is 1. The number of para-hydroxylation sites is 1. The lowest BCUT2D eigenvalue weighted by Crippen LogP contribution is -2.29. The third kappa shape index (κ3) is 2.83. The van der Waals surface area contributed by atoms with E-state index in [0.717, 1.165) is 4.57 Å². The van der Waals surface area contributed by atoms with Gasteiger partial charge in [0, 0.05) is 6.07 Å². The van der Waals surface area contributed by atoms with Crippen molar-refractivity contribution in [3.8, 4) is 5.75 Å². The van der Waals surface area contributed by atoms with E-state index in [9.17, 15) is 19.5 Å². The Morgan fingerprint density at radius 1 is 0.815 bits per heavy atom. The molecule has 1 N–H and O–H groups in total. The fourth-order valence-corrected chi connectivity index (χ4v) is 3.07. The van der Waals surface area contributed by atoms with Crippen molar-refractivity contribution in [2.75, 3.05) is 0 Å². The third-order valence-electron chi connectivity index (χ3n) is 4.29. The number of nitrogens with zero attached hydrogens (tertiary/aromatic N) is 1. The molecule has 6 heteroatoms. The zero-order chi connectivity index (χ0) is 19.0. The molecule has 6 nitrogen and oxygen atoms in total. The Morgan fingerprint density at radius 2 is 1.48 bits per heavy atom. The molecule has 1 aromatic heterocycles. The highest BCUT2D eigenvalue weighted by Gasteiger charge is 2.20. The lowest BCUT2D eigenvalue weighted by Gasteiger charge is -2.12. The van der Waals surface area contributed by atoms with E-state index in [4.69, 9.17) is 4.74 Å². The fraction of sp³-hybridized carbons (Fsp3) is 0. The molecule has 27 heavy (non-hydrogen) atoms. The first-order chi connectivity index (χ1) is 13.1. The molecule has 0 bridgehead atoms. The summed E-state index contributed by atoms with van der Waals surface area (Å²) in [6.07, 6.45) is -0.963. The summed E-state index contributed by atoms with van der Waals surface area (Å²) < 4.78 is 6.22. The molecule has 0 atom stereocenters. The molecule has 0 aliphatic carbocycles. The van der Waals surface area contributed by atoms with E-state index in [1.165, 1.54) is 12.1 Å². The average molecular weight is 359 g/mol. The molecule has 4 rings (SSSR count). The summed E-state index contributed by atoms with van der Waals surface area (Å²) in [4.78, 5) is 36.7. The minimum absolute atomic E-state index is 0.119. The molecule has 0 amide bonds. The number of carboxylic acids is 1. The van der Waals surface area contributed by atoms with E-state index in [1.54, 1.807) is 60.7 Å². The standard InChI is InChI=1S/C21H13NO5/c23-18-12-10-14-6-2-4-8-16(14)22(18)21(26)27-17-11-9-13-5-1-3-7-15(13)19(17)20(24)25/h1-12H,(H,24,25).